The molecule has 0 saturated carbocycles. The van der Waals surface area contributed by atoms with Crippen molar-refractivity contribution in [3.8, 4) is 17.7 Å². The fraction of sp³-hybridized carbons (Fsp3) is 0.333. The number of aliphatic imine (C=N–C) groups is 1. The van der Waals surface area contributed by atoms with Gasteiger partial charge in [0.15, 0.2) is 11.4 Å². The van der Waals surface area contributed by atoms with Crippen LogP contribution in [0.2, 0.25) is 0 Å². The van der Waals surface area contributed by atoms with Crippen molar-refractivity contribution in [3.05, 3.63) is 48.0 Å². The number of aliphatic hydroxyl groups is 1. The highest BCUT2D eigenvalue weighted by atomic mass is 32.2. The molecule has 2 aromatic rings. The van der Waals surface area contributed by atoms with Crippen LogP contribution in [0.5, 0.6) is 11.5 Å². The van der Waals surface area contributed by atoms with Gasteiger partial charge in [0.25, 0.3) is 0 Å². The van der Waals surface area contributed by atoms with Crippen LogP contribution in [0.1, 0.15) is 32.4 Å². The highest BCUT2D eigenvalue weighted by Gasteiger charge is 2.53. The van der Waals surface area contributed by atoms with Crippen LogP contribution < -0.4 is 10.1 Å². The molecule has 1 aliphatic rings. The van der Waals surface area contributed by atoms with E-state index in [1.165, 1.54) is 54.2 Å². The zero-order chi connectivity index (χ0) is 23.0. The van der Waals surface area contributed by atoms with E-state index in [9.17, 15) is 18.6 Å². The van der Waals surface area contributed by atoms with Gasteiger partial charge in [-0.3, -0.25) is 10.3 Å². The van der Waals surface area contributed by atoms with Gasteiger partial charge in [-0.05, 0) is 63.4 Å². The number of thioether (sulfide) groups is 1. The maximum absolute atomic E-state index is 13.1. The zero-order valence-electron chi connectivity index (χ0n) is 17.4. The number of rotatable bonds is 3. The summed E-state index contributed by atoms with van der Waals surface area (Å²) >= 11 is 1.19. The first-order valence-corrected chi connectivity index (χ1v) is 12.0. The fourth-order valence-corrected chi connectivity index (χ4v) is 4.99. The molecule has 2 atom stereocenters. The molecule has 3 N–H and O–H groups in total. The van der Waals surface area contributed by atoms with Crippen molar-refractivity contribution in [2.45, 2.75) is 47.8 Å². The summed E-state index contributed by atoms with van der Waals surface area (Å²) in [6, 6.07) is 8.84. The standard InChI is InChI=1S/C21H23N3O5S2/c1-20(2)21(3,26)18(24-19(30-4)23-12-22)16-11-15(8-9-17(16)29-20)31(27,28)14-7-5-6-13(25)10-14/h5-11,18,25-26H,1-4H3,(H,23,24)/t18-,21+/m1/s1. The number of nitrogens with one attached hydrogen (secondary N) is 1. The molecule has 0 bridgehead atoms. The molecule has 31 heavy (non-hydrogen) atoms. The van der Waals surface area contributed by atoms with Gasteiger partial charge in [-0.25, -0.2) is 8.42 Å². The number of phenols is 1. The van der Waals surface area contributed by atoms with Crippen LogP contribution in [0, 0.1) is 11.5 Å². The van der Waals surface area contributed by atoms with E-state index < -0.39 is 27.1 Å². The van der Waals surface area contributed by atoms with Gasteiger partial charge in [-0.15, -0.1) is 0 Å². The van der Waals surface area contributed by atoms with E-state index >= 15 is 0 Å². The lowest BCUT2D eigenvalue weighted by Crippen LogP contribution is -2.58. The summed E-state index contributed by atoms with van der Waals surface area (Å²) in [4.78, 5) is 4.43. The average Bonchev–Trinajstić information content (AvgIpc) is 2.70. The van der Waals surface area contributed by atoms with Gasteiger partial charge in [0.2, 0.25) is 9.84 Å². The van der Waals surface area contributed by atoms with E-state index in [0.29, 0.717) is 11.3 Å². The second-order valence-corrected chi connectivity index (χ2v) is 10.5. The molecule has 0 aromatic heterocycles. The van der Waals surface area contributed by atoms with Crippen molar-refractivity contribution < 1.29 is 23.4 Å². The van der Waals surface area contributed by atoms with Crippen LogP contribution in [-0.2, 0) is 9.84 Å². The third kappa shape index (κ3) is 4.08. The SMILES string of the molecule is CSC(=N[C@@H]1c2cc(S(=O)(=O)c3cccc(O)c3)ccc2OC(C)(C)[C@@]1(C)O)NC#N. The number of phenolic OH excluding ortho intramolecular Hbond substituents is 1. The lowest BCUT2D eigenvalue weighted by molar-refractivity contribution is -0.131. The van der Waals surface area contributed by atoms with E-state index in [-0.39, 0.29) is 20.7 Å². The summed E-state index contributed by atoms with van der Waals surface area (Å²) in [6.45, 7) is 4.99. The Labute approximate surface area is 185 Å². The number of benzene rings is 2. The molecule has 3 rings (SSSR count). The summed E-state index contributed by atoms with van der Waals surface area (Å²) in [5.41, 5.74) is -2.20. The van der Waals surface area contributed by atoms with E-state index in [0.717, 1.165) is 0 Å². The van der Waals surface area contributed by atoms with Gasteiger partial charge in [0.1, 0.15) is 28.7 Å². The Balaban J connectivity index is 2.21. The van der Waals surface area contributed by atoms with Crippen molar-refractivity contribution in [1.29, 1.82) is 5.26 Å². The molecule has 1 heterocycles. The summed E-state index contributed by atoms with van der Waals surface area (Å²) in [6.07, 6.45) is 3.54. The minimum Gasteiger partial charge on any atom is -0.508 e. The van der Waals surface area contributed by atoms with Gasteiger partial charge in [0.05, 0.1) is 9.79 Å². The van der Waals surface area contributed by atoms with Gasteiger partial charge in [-0.1, -0.05) is 17.8 Å². The number of amidine groups is 1. The number of aromatic hydroxyl groups is 1. The van der Waals surface area contributed by atoms with Crippen molar-refractivity contribution in [1.82, 2.24) is 5.32 Å². The van der Waals surface area contributed by atoms with E-state index in [1.54, 1.807) is 27.0 Å². The molecule has 1 aliphatic heterocycles. The Bertz CT molecular complexity index is 1180. The quantitative estimate of drug-likeness (QED) is 0.275. The summed E-state index contributed by atoms with van der Waals surface area (Å²) in [7, 11) is -3.95. The predicted molar refractivity (Wildman–Crippen MR) is 118 cm³/mol. The van der Waals surface area contributed by atoms with Crippen LogP contribution in [0.3, 0.4) is 0 Å². The average molecular weight is 462 g/mol. The number of hydrogen-bond donors (Lipinski definition) is 3. The summed E-state index contributed by atoms with van der Waals surface area (Å²) in [5, 5.41) is 32.8. The largest absolute Gasteiger partial charge is 0.508 e. The van der Waals surface area contributed by atoms with Crippen molar-refractivity contribution in [3.63, 3.8) is 0 Å². The van der Waals surface area contributed by atoms with Crippen molar-refractivity contribution >= 4 is 26.8 Å². The maximum atomic E-state index is 13.1. The predicted octanol–water partition coefficient (Wildman–Crippen LogP) is 2.98. The molecular weight excluding hydrogens is 438 g/mol. The topological polar surface area (TPSA) is 132 Å². The third-order valence-corrected chi connectivity index (χ3v) is 7.78. The first-order chi connectivity index (χ1) is 14.4. The molecule has 8 nitrogen and oxygen atoms in total. The van der Waals surface area contributed by atoms with Crippen molar-refractivity contribution in [2.24, 2.45) is 4.99 Å². The highest BCUT2D eigenvalue weighted by molar-refractivity contribution is 8.13. The van der Waals surface area contributed by atoms with E-state index in [4.69, 9.17) is 10.00 Å². The Hall–Kier alpha value is -2.74. The molecule has 0 unspecified atom stereocenters. The monoisotopic (exact) mass is 461 g/mol. The van der Waals surface area contributed by atoms with Crippen LogP contribution in [-0.4, -0.2) is 41.3 Å². The summed E-state index contributed by atoms with van der Waals surface area (Å²) < 4.78 is 32.3. The van der Waals surface area contributed by atoms with Crippen LogP contribution >= 0.6 is 11.8 Å². The smallest absolute Gasteiger partial charge is 0.206 e. The number of nitriles is 1. The normalized spacial score (nSPS) is 22.7. The van der Waals surface area contributed by atoms with Gasteiger partial charge in [-0.2, -0.15) is 5.26 Å². The minimum absolute atomic E-state index is 0.0323. The van der Waals surface area contributed by atoms with E-state index in [1.807, 2.05) is 6.19 Å². The van der Waals surface area contributed by atoms with Gasteiger partial charge in [0, 0.05) is 5.56 Å². The third-order valence-electron chi connectivity index (χ3n) is 5.43. The molecular formula is C21H23N3O5S2. The molecule has 0 saturated heterocycles. The lowest BCUT2D eigenvalue weighted by atomic mass is 9.76. The number of nitrogens with zero attached hydrogens (tertiary/aromatic N) is 2. The lowest BCUT2D eigenvalue weighted by Gasteiger charge is -2.48. The Kier molecular flexibility index (Phi) is 5.97. The highest BCUT2D eigenvalue weighted by Crippen LogP contribution is 2.49. The number of ether oxygens (including phenoxy) is 1. The first-order valence-electron chi connectivity index (χ1n) is 9.30. The van der Waals surface area contributed by atoms with Crippen LogP contribution in [0.15, 0.2) is 57.2 Å². The molecule has 2 aromatic carbocycles. The maximum Gasteiger partial charge on any atom is 0.206 e. The second-order valence-electron chi connectivity index (χ2n) is 7.74. The molecule has 0 spiro atoms. The number of hydrogen-bond acceptors (Lipinski definition) is 8. The second kappa shape index (κ2) is 8.07. The molecule has 0 radical (unpaired) electrons. The minimum atomic E-state index is -3.95. The van der Waals surface area contributed by atoms with Gasteiger partial charge >= 0.3 is 0 Å². The first kappa shape index (κ1) is 22.9. The van der Waals surface area contributed by atoms with Crippen LogP contribution in [0.25, 0.3) is 0 Å². The molecule has 0 aliphatic carbocycles. The molecule has 164 valence electrons. The van der Waals surface area contributed by atoms with Crippen molar-refractivity contribution in [2.75, 3.05) is 6.26 Å². The number of fused-ring (bicyclic) bond motifs is 1. The molecule has 0 fully saturated rings. The van der Waals surface area contributed by atoms with Gasteiger partial charge < -0.3 is 14.9 Å². The molecule has 0 amide bonds. The number of sulfone groups is 1. The Morgan fingerprint density at radius 3 is 2.52 bits per heavy atom. The Morgan fingerprint density at radius 1 is 1.23 bits per heavy atom. The fourth-order valence-electron chi connectivity index (χ4n) is 3.29. The zero-order valence-corrected chi connectivity index (χ0v) is 19.1. The van der Waals surface area contributed by atoms with E-state index in [2.05, 4.69) is 10.3 Å². The Morgan fingerprint density at radius 2 is 1.90 bits per heavy atom. The summed E-state index contributed by atoms with van der Waals surface area (Å²) in [5.74, 6) is 0.222. The van der Waals surface area contributed by atoms with Crippen LogP contribution in [0.4, 0.5) is 0 Å². The molecule has 10 heteroatoms.